The zero-order chi connectivity index (χ0) is 14.9. The van der Waals surface area contributed by atoms with Crippen molar-refractivity contribution in [1.82, 2.24) is 16.0 Å². The number of nitrogens with one attached hydrogen (secondary N) is 3. The number of amides is 1. The van der Waals surface area contributed by atoms with Gasteiger partial charge in [0, 0.05) is 30.4 Å². The number of nitrogens with zero attached hydrogens (tertiary/aromatic N) is 1. The third-order valence-corrected chi connectivity index (χ3v) is 3.99. The van der Waals surface area contributed by atoms with Crippen LogP contribution in [-0.4, -0.2) is 31.0 Å². The van der Waals surface area contributed by atoms with Crippen LogP contribution in [0.15, 0.2) is 22.5 Å². The molecule has 0 aromatic carbocycles. The van der Waals surface area contributed by atoms with Gasteiger partial charge in [-0.2, -0.15) is 0 Å². The Labute approximate surface area is 153 Å². The average Bonchev–Trinajstić information content (AvgIpc) is 3.12. The maximum Gasteiger partial charge on any atom is 0.220 e. The summed E-state index contributed by atoms with van der Waals surface area (Å²) in [6, 6.07) is 4.57. The van der Waals surface area contributed by atoms with Gasteiger partial charge >= 0.3 is 0 Å². The third kappa shape index (κ3) is 7.98. The molecule has 1 saturated carbocycles. The number of hydrogen-bond donors (Lipinski definition) is 3. The zero-order valence-electron chi connectivity index (χ0n) is 12.9. The number of guanidine groups is 1. The van der Waals surface area contributed by atoms with Gasteiger partial charge in [0.25, 0.3) is 0 Å². The number of carbonyl (C=O) groups excluding carboxylic acids is 1. The van der Waals surface area contributed by atoms with Crippen molar-refractivity contribution in [2.75, 3.05) is 13.1 Å². The van der Waals surface area contributed by atoms with Crippen molar-refractivity contribution in [2.24, 2.45) is 4.99 Å². The molecule has 0 atom stereocenters. The maximum atomic E-state index is 11.6. The molecule has 0 saturated heterocycles. The molecule has 3 N–H and O–H groups in total. The molecule has 0 radical (unpaired) electrons. The molecule has 0 unspecified atom stereocenters. The van der Waals surface area contributed by atoms with E-state index in [0.29, 0.717) is 19.0 Å². The summed E-state index contributed by atoms with van der Waals surface area (Å²) >= 11 is 1.71. The van der Waals surface area contributed by atoms with Crippen LogP contribution in [0.2, 0.25) is 0 Å². The lowest BCUT2D eigenvalue weighted by molar-refractivity contribution is -0.121. The first-order valence-electron chi connectivity index (χ1n) is 7.62. The summed E-state index contributed by atoms with van der Waals surface area (Å²) in [6.45, 7) is 4.33. The predicted octanol–water partition coefficient (Wildman–Crippen LogP) is 2.48. The molecule has 1 amide bonds. The van der Waals surface area contributed by atoms with Crippen molar-refractivity contribution in [3.63, 3.8) is 0 Å². The van der Waals surface area contributed by atoms with Gasteiger partial charge in [-0.1, -0.05) is 6.07 Å². The van der Waals surface area contributed by atoms with Crippen LogP contribution in [0.3, 0.4) is 0 Å². The molecule has 2 rings (SSSR count). The molecule has 7 heteroatoms. The smallest absolute Gasteiger partial charge is 0.220 e. The highest BCUT2D eigenvalue weighted by Gasteiger charge is 2.22. The Balaban J connectivity index is 0.00000242. The van der Waals surface area contributed by atoms with E-state index in [0.717, 1.165) is 38.3 Å². The number of halogens is 1. The van der Waals surface area contributed by atoms with E-state index in [4.69, 9.17) is 0 Å². The van der Waals surface area contributed by atoms with Gasteiger partial charge in [0.2, 0.25) is 5.91 Å². The number of carbonyl (C=O) groups is 1. The monoisotopic (exact) mass is 436 g/mol. The first kappa shape index (κ1) is 19.2. The highest BCUT2D eigenvalue weighted by atomic mass is 127. The average molecular weight is 436 g/mol. The summed E-state index contributed by atoms with van der Waals surface area (Å²) in [7, 11) is 0. The van der Waals surface area contributed by atoms with Crippen LogP contribution < -0.4 is 16.0 Å². The Hall–Kier alpha value is -0.830. The molecule has 124 valence electrons. The van der Waals surface area contributed by atoms with Crippen LogP contribution in [0.1, 0.15) is 37.5 Å². The number of aliphatic imine (C=N–C) groups is 1. The number of rotatable bonds is 8. The summed E-state index contributed by atoms with van der Waals surface area (Å²) in [6.07, 6.45) is 3.68. The molecule has 22 heavy (non-hydrogen) atoms. The van der Waals surface area contributed by atoms with E-state index in [9.17, 15) is 4.79 Å². The second-order valence-electron chi connectivity index (χ2n) is 5.15. The van der Waals surface area contributed by atoms with Crippen LogP contribution in [0.5, 0.6) is 0 Å². The van der Waals surface area contributed by atoms with E-state index in [1.807, 2.05) is 13.0 Å². The van der Waals surface area contributed by atoms with E-state index in [2.05, 4.69) is 32.4 Å². The topological polar surface area (TPSA) is 65.5 Å². The van der Waals surface area contributed by atoms with Gasteiger partial charge in [0.15, 0.2) is 5.96 Å². The number of thiophene rings is 1. The SMILES string of the molecule is CCNC(=NCc1cccs1)NCCCC(=O)NC1CC1.I. The molecule has 0 bridgehead atoms. The van der Waals surface area contributed by atoms with Gasteiger partial charge < -0.3 is 16.0 Å². The second-order valence-corrected chi connectivity index (χ2v) is 6.18. The normalized spacial score (nSPS) is 14.1. The van der Waals surface area contributed by atoms with Crippen molar-refractivity contribution in [1.29, 1.82) is 0 Å². The molecule has 1 aromatic rings. The summed E-state index contributed by atoms with van der Waals surface area (Å²) in [4.78, 5) is 17.3. The molecule has 1 fully saturated rings. The van der Waals surface area contributed by atoms with Gasteiger partial charge in [-0.05, 0) is 37.6 Å². The molecule has 0 aliphatic heterocycles. The van der Waals surface area contributed by atoms with Crippen molar-refractivity contribution >= 4 is 47.2 Å². The van der Waals surface area contributed by atoms with Crippen molar-refractivity contribution < 1.29 is 4.79 Å². The highest BCUT2D eigenvalue weighted by Crippen LogP contribution is 2.18. The third-order valence-electron chi connectivity index (χ3n) is 3.13. The Morgan fingerprint density at radius 3 is 2.86 bits per heavy atom. The molecular weight excluding hydrogens is 411 g/mol. The van der Waals surface area contributed by atoms with Gasteiger partial charge in [-0.25, -0.2) is 4.99 Å². The molecule has 1 aromatic heterocycles. The van der Waals surface area contributed by atoms with Gasteiger partial charge in [0.1, 0.15) is 0 Å². The predicted molar refractivity (Wildman–Crippen MR) is 103 cm³/mol. The molecule has 1 heterocycles. The van der Waals surface area contributed by atoms with Gasteiger partial charge in [-0.15, -0.1) is 35.3 Å². The van der Waals surface area contributed by atoms with E-state index in [1.165, 1.54) is 4.88 Å². The van der Waals surface area contributed by atoms with Crippen LogP contribution >= 0.6 is 35.3 Å². The highest BCUT2D eigenvalue weighted by molar-refractivity contribution is 14.0. The minimum absolute atomic E-state index is 0. The fraction of sp³-hybridized carbons (Fsp3) is 0.600. The minimum atomic E-state index is 0. The van der Waals surface area contributed by atoms with E-state index < -0.39 is 0 Å². The first-order valence-corrected chi connectivity index (χ1v) is 8.50. The summed E-state index contributed by atoms with van der Waals surface area (Å²) < 4.78 is 0. The Morgan fingerprint density at radius 2 is 2.23 bits per heavy atom. The van der Waals surface area contributed by atoms with Crippen LogP contribution in [0, 0.1) is 0 Å². The Kier molecular flexibility index (Phi) is 9.45. The van der Waals surface area contributed by atoms with E-state index in [-0.39, 0.29) is 29.9 Å². The van der Waals surface area contributed by atoms with Gasteiger partial charge in [-0.3, -0.25) is 4.79 Å². The molecule has 5 nitrogen and oxygen atoms in total. The Bertz CT molecular complexity index is 460. The maximum absolute atomic E-state index is 11.6. The minimum Gasteiger partial charge on any atom is -0.357 e. The largest absolute Gasteiger partial charge is 0.357 e. The van der Waals surface area contributed by atoms with Crippen molar-refractivity contribution in [2.45, 2.75) is 45.2 Å². The second kappa shape index (κ2) is 10.8. The summed E-state index contributed by atoms with van der Waals surface area (Å²) in [5, 5.41) is 11.5. The molecular formula is C15H25IN4OS. The molecule has 0 spiro atoms. The molecule has 1 aliphatic carbocycles. The zero-order valence-corrected chi connectivity index (χ0v) is 16.1. The summed E-state index contributed by atoms with van der Waals surface area (Å²) in [5.41, 5.74) is 0. The van der Waals surface area contributed by atoms with Crippen molar-refractivity contribution in [3.8, 4) is 0 Å². The van der Waals surface area contributed by atoms with E-state index >= 15 is 0 Å². The lowest BCUT2D eigenvalue weighted by Crippen LogP contribution is -2.38. The first-order chi connectivity index (χ1) is 10.3. The van der Waals surface area contributed by atoms with E-state index in [1.54, 1.807) is 11.3 Å². The van der Waals surface area contributed by atoms with Crippen LogP contribution in [0.25, 0.3) is 0 Å². The lowest BCUT2D eigenvalue weighted by atomic mass is 10.3. The van der Waals surface area contributed by atoms with Crippen LogP contribution in [0.4, 0.5) is 0 Å². The summed E-state index contributed by atoms with van der Waals surface area (Å²) in [5.74, 6) is 0.980. The lowest BCUT2D eigenvalue weighted by Gasteiger charge is -2.11. The standard InChI is InChI=1S/C15H24N4OS.HI/c1-2-16-15(18-11-13-5-4-10-21-13)17-9-3-6-14(20)19-12-7-8-12;/h4-5,10,12H,2-3,6-9,11H2,1H3,(H,19,20)(H2,16,17,18);1H. The molecule has 1 aliphatic rings. The quantitative estimate of drug-likeness (QED) is 0.254. The van der Waals surface area contributed by atoms with Crippen LogP contribution in [-0.2, 0) is 11.3 Å². The fourth-order valence-electron chi connectivity index (χ4n) is 1.88. The Morgan fingerprint density at radius 1 is 1.41 bits per heavy atom. The fourth-order valence-corrected chi connectivity index (χ4v) is 2.51. The van der Waals surface area contributed by atoms with Crippen molar-refractivity contribution in [3.05, 3.63) is 22.4 Å². The van der Waals surface area contributed by atoms with Gasteiger partial charge in [0.05, 0.1) is 6.54 Å². The number of hydrogen-bond acceptors (Lipinski definition) is 3.